The van der Waals surface area contributed by atoms with Gasteiger partial charge in [0.1, 0.15) is 30.2 Å². The van der Waals surface area contributed by atoms with Crippen molar-refractivity contribution in [2.24, 2.45) is 7.05 Å². The number of aryl methyl sites for hydroxylation is 2. The van der Waals surface area contributed by atoms with Gasteiger partial charge >= 0.3 is 23.1 Å². The van der Waals surface area contributed by atoms with E-state index in [0.29, 0.717) is 11.3 Å². The molecule has 0 saturated heterocycles. The maximum absolute atomic E-state index is 13.2. The lowest BCUT2D eigenvalue weighted by Crippen LogP contribution is -2.49. The molecular formula is C30H32F3N5O7S. The molecule has 0 saturated carbocycles. The molecule has 3 amide bonds. The number of phenolic OH excluding ortho intramolecular Hbond substituents is 1. The first kappa shape index (κ1) is 35.4. The molecule has 0 unspecified atom stereocenters. The Kier molecular flexibility index (Phi) is 11.7. The highest BCUT2D eigenvalue weighted by Crippen LogP contribution is 2.16. The zero-order valence-corrected chi connectivity index (χ0v) is 26.0. The SMILES string of the molecule is Cc1c[n+]2cc(CNC(=O)[C@H](Cc3ccc(O)cc3)NC(=O)Nc3ccc(C(=O)OC(C)C)cc3)n(C)c2s1.O=C([O-])C(F)(F)F. The minimum Gasteiger partial charge on any atom is -0.542 e. The average molecular weight is 664 g/mol. The number of carboxylic acids is 1. The number of benzene rings is 2. The molecule has 0 aliphatic heterocycles. The summed E-state index contributed by atoms with van der Waals surface area (Å²) in [5.41, 5.74) is 2.51. The van der Waals surface area contributed by atoms with Gasteiger partial charge in [-0.1, -0.05) is 23.5 Å². The number of thiazole rings is 1. The Morgan fingerprint density at radius 1 is 1.04 bits per heavy atom. The van der Waals surface area contributed by atoms with E-state index >= 15 is 0 Å². The third-order valence-corrected chi connectivity index (χ3v) is 7.29. The molecule has 0 spiro atoms. The van der Waals surface area contributed by atoms with E-state index in [4.69, 9.17) is 14.6 Å². The summed E-state index contributed by atoms with van der Waals surface area (Å²) in [6, 6.07) is 11.3. The van der Waals surface area contributed by atoms with Crippen molar-refractivity contribution >= 4 is 45.9 Å². The number of carboxylic acid groups (broad SMARTS) is 1. The van der Waals surface area contributed by atoms with E-state index in [-0.39, 0.29) is 30.7 Å². The highest BCUT2D eigenvalue weighted by molar-refractivity contribution is 7.16. The summed E-state index contributed by atoms with van der Waals surface area (Å²) in [5.74, 6) is -3.69. The Hall–Kier alpha value is -5.12. The number of nitrogens with zero attached hydrogens (tertiary/aromatic N) is 2. The Morgan fingerprint density at radius 3 is 2.20 bits per heavy atom. The number of hydrogen-bond donors (Lipinski definition) is 4. The molecular weight excluding hydrogens is 631 g/mol. The second-order valence-electron chi connectivity index (χ2n) is 10.3. The monoisotopic (exact) mass is 663 g/mol. The third-order valence-electron chi connectivity index (χ3n) is 6.19. The van der Waals surface area contributed by atoms with Crippen molar-refractivity contribution in [3.05, 3.63) is 82.6 Å². The first-order chi connectivity index (χ1) is 21.5. The van der Waals surface area contributed by atoms with Crippen LogP contribution >= 0.6 is 11.3 Å². The zero-order valence-electron chi connectivity index (χ0n) is 25.2. The number of alkyl halides is 3. The number of rotatable bonds is 9. The van der Waals surface area contributed by atoms with Crippen LogP contribution in [0.2, 0.25) is 0 Å². The Bertz CT molecular complexity index is 1680. The number of anilines is 1. The quantitative estimate of drug-likeness (QED) is 0.158. The van der Waals surface area contributed by atoms with Gasteiger partial charge in [0, 0.05) is 17.0 Å². The van der Waals surface area contributed by atoms with Crippen molar-refractivity contribution in [3.8, 4) is 5.75 Å². The number of phenols is 1. The van der Waals surface area contributed by atoms with Crippen LogP contribution < -0.4 is 25.5 Å². The summed E-state index contributed by atoms with van der Waals surface area (Å²) in [5, 5.41) is 26.8. The molecule has 4 rings (SSSR count). The largest absolute Gasteiger partial charge is 0.542 e. The van der Waals surface area contributed by atoms with Gasteiger partial charge in [0.05, 0.1) is 25.3 Å². The number of carbonyl (C=O) groups excluding carboxylic acids is 4. The predicted octanol–water partition coefficient (Wildman–Crippen LogP) is 2.75. The fraction of sp³-hybridized carbons (Fsp3) is 0.300. The lowest BCUT2D eigenvalue weighted by atomic mass is 10.1. The maximum atomic E-state index is 13.2. The van der Waals surface area contributed by atoms with Crippen molar-refractivity contribution in [1.29, 1.82) is 0 Å². The Morgan fingerprint density at radius 2 is 1.65 bits per heavy atom. The van der Waals surface area contributed by atoms with Crippen LogP contribution in [0.25, 0.3) is 4.96 Å². The fourth-order valence-electron chi connectivity index (χ4n) is 4.02. The molecule has 0 bridgehead atoms. The predicted molar refractivity (Wildman–Crippen MR) is 159 cm³/mol. The number of ether oxygens (including phenoxy) is 1. The van der Waals surface area contributed by atoms with Crippen molar-refractivity contribution in [2.45, 2.75) is 52.1 Å². The van der Waals surface area contributed by atoms with Crippen LogP contribution in [0.4, 0.5) is 23.7 Å². The lowest BCUT2D eigenvalue weighted by Gasteiger charge is -2.19. The molecule has 2 heterocycles. The van der Waals surface area contributed by atoms with Gasteiger partial charge in [-0.15, -0.1) is 0 Å². The molecule has 46 heavy (non-hydrogen) atoms. The third kappa shape index (κ3) is 10.2. The van der Waals surface area contributed by atoms with Crippen LogP contribution in [0.3, 0.4) is 0 Å². The molecule has 4 N–H and O–H groups in total. The Balaban J connectivity index is 0.000000738. The van der Waals surface area contributed by atoms with Crippen LogP contribution in [0.15, 0.2) is 60.9 Å². The number of hydrogen-bond acceptors (Lipinski definition) is 8. The van der Waals surface area contributed by atoms with Gasteiger partial charge in [-0.05, 0) is 62.7 Å². The minimum absolute atomic E-state index is 0.114. The number of esters is 1. The van der Waals surface area contributed by atoms with E-state index < -0.39 is 30.2 Å². The summed E-state index contributed by atoms with van der Waals surface area (Å²) in [6.07, 6.45) is -1.21. The highest BCUT2D eigenvalue weighted by atomic mass is 32.1. The molecule has 0 radical (unpaired) electrons. The van der Waals surface area contributed by atoms with Gasteiger partial charge in [-0.25, -0.2) is 14.2 Å². The van der Waals surface area contributed by atoms with E-state index in [9.17, 15) is 32.7 Å². The first-order valence-electron chi connectivity index (χ1n) is 13.7. The molecule has 246 valence electrons. The number of aromatic nitrogens is 2. The van der Waals surface area contributed by atoms with E-state index in [1.54, 1.807) is 61.6 Å². The number of urea groups is 1. The summed E-state index contributed by atoms with van der Waals surface area (Å²) < 4.78 is 40.8. The van der Waals surface area contributed by atoms with E-state index in [1.165, 1.54) is 17.0 Å². The van der Waals surface area contributed by atoms with E-state index in [1.807, 2.05) is 35.3 Å². The van der Waals surface area contributed by atoms with Gasteiger partial charge in [0.15, 0.2) is 5.69 Å². The minimum atomic E-state index is -5.19. The summed E-state index contributed by atoms with van der Waals surface area (Å²) in [6.45, 7) is 5.86. The number of aromatic hydroxyl groups is 1. The molecule has 0 aliphatic rings. The lowest BCUT2D eigenvalue weighted by molar-refractivity contribution is -0.506. The average Bonchev–Trinajstić information content (AvgIpc) is 3.48. The smallest absolute Gasteiger partial charge is 0.430 e. The maximum Gasteiger partial charge on any atom is 0.430 e. The van der Waals surface area contributed by atoms with E-state index in [2.05, 4.69) is 16.0 Å². The molecule has 2 aromatic carbocycles. The summed E-state index contributed by atoms with van der Waals surface area (Å²) >= 11 is 1.66. The molecule has 2 aromatic heterocycles. The van der Waals surface area contributed by atoms with Crippen LogP contribution in [-0.2, 0) is 34.3 Å². The number of aliphatic carboxylic acids is 1. The van der Waals surface area contributed by atoms with Gasteiger partial charge in [0.25, 0.3) is 0 Å². The second kappa shape index (κ2) is 15.2. The van der Waals surface area contributed by atoms with Crippen LogP contribution in [0.5, 0.6) is 5.75 Å². The number of fused-ring (bicyclic) bond motifs is 1. The normalized spacial score (nSPS) is 11.7. The van der Waals surface area contributed by atoms with Crippen molar-refractivity contribution in [3.63, 3.8) is 0 Å². The molecule has 0 aliphatic carbocycles. The van der Waals surface area contributed by atoms with Gasteiger partial charge < -0.3 is 35.7 Å². The summed E-state index contributed by atoms with van der Waals surface area (Å²) in [7, 11) is 1.94. The van der Waals surface area contributed by atoms with E-state index in [0.717, 1.165) is 16.2 Å². The number of amides is 3. The van der Waals surface area contributed by atoms with Gasteiger partial charge in [-0.2, -0.15) is 17.6 Å². The van der Waals surface area contributed by atoms with Crippen molar-refractivity contribution in [2.75, 3.05) is 5.32 Å². The molecule has 12 nitrogen and oxygen atoms in total. The van der Waals surface area contributed by atoms with Gasteiger partial charge in [0.2, 0.25) is 5.91 Å². The highest BCUT2D eigenvalue weighted by Gasteiger charge is 2.29. The number of imidazole rings is 1. The summed E-state index contributed by atoms with van der Waals surface area (Å²) in [4.78, 5) is 49.2. The molecule has 4 aromatic rings. The van der Waals surface area contributed by atoms with Crippen molar-refractivity contribution in [1.82, 2.24) is 15.2 Å². The van der Waals surface area contributed by atoms with Crippen LogP contribution in [0.1, 0.15) is 40.3 Å². The standard InChI is InChI=1S/C28H31N5O5S.C2HF3O2/c1-17(2)38-26(36)20-7-9-21(10-8-20)30-27(37)31-24(13-19-5-11-23(34)12-6-19)25(35)29-14-22-16-33-15-18(3)39-28(33)32(22)4;3-2(4,5)1(6)7/h5-12,15-17,24H,13-14H2,1-4H3,(H3-,29,30,31,34,35,36,37);(H,6,7)/t24-;/m0./s1. The first-order valence-corrected chi connectivity index (χ1v) is 14.5. The number of nitrogens with one attached hydrogen (secondary N) is 3. The molecule has 16 heteroatoms. The molecule has 1 atom stereocenters. The zero-order chi connectivity index (χ0) is 34.2. The Labute approximate surface area is 265 Å². The van der Waals surface area contributed by atoms with Crippen LogP contribution in [0, 0.1) is 6.92 Å². The topological polar surface area (TPSA) is 166 Å². The molecule has 0 fully saturated rings. The second-order valence-corrected chi connectivity index (χ2v) is 11.5. The van der Waals surface area contributed by atoms with Crippen LogP contribution in [-0.4, -0.2) is 51.9 Å². The fourth-order valence-corrected chi connectivity index (χ4v) is 4.94. The van der Waals surface area contributed by atoms with Gasteiger partial charge in [-0.3, -0.25) is 4.79 Å². The number of halogens is 3. The van der Waals surface area contributed by atoms with Crippen molar-refractivity contribution < 1.29 is 51.7 Å². The number of carbonyl (C=O) groups is 4.